The van der Waals surface area contributed by atoms with Crippen molar-refractivity contribution < 1.29 is 0 Å². The van der Waals surface area contributed by atoms with Gasteiger partial charge >= 0.3 is 0 Å². The molecular weight excluding hydrogens is 110 g/mol. The Balaban J connectivity index is 2.85. The van der Waals surface area contributed by atoms with Crippen LogP contribution in [0.25, 0.3) is 0 Å². The SMILES string of the molecule is Cc1ccc(C(C)C)[nH]1. The first-order chi connectivity index (χ1) is 4.20. The molecule has 1 rings (SSSR count). The molecule has 50 valence electrons. The minimum atomic E-state index is 0.624. The van der Waals surface area contributed by atoms with Gasteiger partial charge in [-0.05, 0) is 25.0 Å². The molecule has 1 aromatic heterocycles. The van der Waals surface area contributed by atoms with E-state index in [1.807, 2.05) is 0 Å². The van der Waals surface area contributed by atoms with Crippen molar-refractivity contribution in [1.29, 1.82) is 0 Å². The van der Waals surface area contributed by atoms with Crippen LogP contribution in [0.2, 0.25) is 0 Å². The molecule has 0 fully saturated rings. The van der Waals surface area contributed by atoms with Crippen LogP contribution >= 0.6 is 0 Å². The van der Waals surface area contributed by atoms with E-state index in [-0.39, 0.29) is 0 Å². The smallest absolute Gasteiger partial charge is 0.0175 e. The van der Waals surface area contributed by atoms with E-state index < -0.39 is 0 Å². The van der Waals surface area contributed by atoms with Crippen molar-refractivity contribution in [3.8, 4) is 0 Å². The Morgan fingerprint density at radius 1 is 1.33 bits per heavy atom. The molecule has 0 aliphatic rings. The fraction of sp³-hybridized carbons (Fsp3) is 0.500. The first-order valence-electron chi connectivity index (χ1n) is 3.35. The molecule has 1 aromatic rings. The minimum absolute atomic E-state index is 0.624. The van der Waals surface area contributed by atoms with Crippen molar-refractivity contribution in [2.45, 2.75) is 26.7 Å². The zero-order valence-electron chi connectivity index (χ0n) is 6.23. The van der Waals surface area contributed by atoms with Gasteiger partial charge in [0.15, 0.2) is 0 Å². The molecular formula is C8H13N. The Labute approximate surface area is 56.1 Å². The van der Waals surface area contributed by atoms with E-state index in [4.69, 9.17) is 0 Å². The number of aryl methyl sites for hydroxylation is 1. The van der Waals surface area contributed by atoms with Gasteiger partial charge in [-0.3, -0.25) is 0 Å². The maximum absolute atomic E-state index is 3.28. The highest BCUT2D eigenvalue weighted by molar-refractivity contribution is 5.14. The molecule has 0 amide bonds. The molecule has 0 saturated carbocycles. The molecule has 0 bridgehead atoms. The Morgan fingerprint density at radius 3 is 2.22 bits per heavy atom. The van der Waals surface area contributed by atoms with Gasteiger partial charge in [-0.25, -0.2) is 0 Å². The average Bonchev–Trinajstić information content (AvgIpc) is 2.14. The van der Waals surface area contributed by atoms with Gasteiger partial charge in [0.2, 0.25) is 0 Å². The lowest BCUT2D eigenvalue weighted by atomic mass is 10.1. The number of hydrogen-bond donors (Lipinski definition) is 1. The van der Waals surface area contributed by atoms with Crippen molar-refractivity contribution in [2.75, 3.05) is 0 Å². The summed E-state index contributed by atoms with van der Waals surface area (Å²) >= 11 is 0. The van der Waals surface area contributed by atoms with Gasteiger partial charge in [0.25, 0.3) is 0 Å². The summed E-state index contributed by atoms with van der Waals surface area (Å²) in [6.45, 7) is 6.45. The monoisotopic (exact) mass is 123 g/mol. The Bertz CT molecular complexity index is 186. The van der Waals surface area contributed by atoms with Crippen LogP contribution < -0.4 is 0 Å². The molecule has 1 nitrogen and oxygen atoms in total. The fourth-order valence-electron chi connectivity index (χ4n) is 0.863. The summed E-state index contributed by atoms with van der Waals surface area (Å²) in [5.41, 5.74) is 2.58. The maximum Gasteiger partial charge on any atom is 0.0175 e. The van der Waals surface area contributed by atoms with Gasteiger partial charge in [-0.15, -0.1) is 0 Å². The number of aromatic nitrogens is 1. The molecule has 0 saturated heterocycles. The summed E-state index contributed by atoms with van der Waals surface area (Å²) in [7, 11) is 0. The van der Waals surface area contributed by atoms with Gasteiger partial charge in [0.05, 0.1) is 0 Å². The lowest BCUT2D eigenvalue weighted by molar-refractivity contribution is 0.829. The lowest BCUT2D eigenvalue weighted by Crippen LogP contribution is -1.85. The van der Waals surface area contributed by atoms with Crippen LogP contribution in [0, 0.1) is 6.92 Å². The Kier molecular flexibility index (Phi) is 1.60. The zero-order valence-corrected chi connectivity index (χ0v) is 6.23. The Morgan fingerprint density at radius 2 is 2.00 bits per heavy atom. The van der Waals surface area contributed by atoms with Gasteiger partial charge in [-0.1, -0.05) is 13.8 Å². The fourth-order valence-corrected chi connectivity index (χ4v) is 0.863. The molecule has 0 aliphatic carbocycles. The number of hydrogen-bond acceptors (Lipinski definition) is 0. The molecule has 0 aliphatic heterocycles. The first-order valence-corrected chi connectivity index (χ1v) is 3.35. The summed E-state index contributed by atoms with van der Waals surface area (Å²) < 4.78 is 0. The first kappa shape index (κ1) is 6.40. The van der Waals surface area contributed by atoms with Crippen LogP contribution in [-0.4, -0.2) is 4.98 Å². The predicted octanol–water partition coefficient (Wildman–Crippen LogP) is 2.45. The third-order valence-electron chi connectivity index (χ3n) is 1.48. The molecule has 0 aromatic carbocycles. The van der Waals surface area contributed by atoms with Gasteiger partial charge < -0.3 is 4.98 Å². The van der Waals surface area contributed by atoms with Crippen LogP contribution in [0.1, 0.15) is 31.2 Å². The third-order valence-corrected chi connectivity index (χ3v) is 1.48. The molecule has 9 heavy (non-hydrogen) atoms. The van der Waals surface area contributed by atoms with E-state index in [1.165, 1.54) is 11.4 Å². The van der Waals surface area contributed by atoms with Crippen LogP contribution in [-0.2, 0) is 0 Å². The molecule has 0 spiro atoms. The number of nitrogens with one attached hydrogen (secondary N) is 1. The van der Waals surface area contributed by atoms with E-state index in [9.17, 15) is 0 Å². The zero-order chi connectivity index (χ0) is 6.85. The summed E-state index contributed by atoms with van der Waals surface area (Å²) in [5, 5.41) is 0. The van der Waals surface area contributed by atoms with Crippen molar-refractivity contribution in [3.63, 3.8) is 0 Å². The number of aromatic amines is 1. The summed E-state index contributed by atoms with van der Waals surface area (Å²) in [6.07, 6.45) is 0. The van der Waals surface area contributed by atoms with E-state index in [2.05, 4.69) is 37.9 Å². The van der Waals surface area contributed by atoms with Crippen molar-refractivity contribution in [3.05, 3.63) is 23.5 Å². The molecule has 1 heteroatoms. The van der Waals surface area contributed by atoms with Crippen molar-refractivity contribution >= 4 is 0 Å². The van der Waals surface area contributed by atoms with Crippen molar-refractivity contribution in [2.24, 2.45) is 0 Å². The second kappa shape index (κ2) is 2.26. The second-order valence-corrected chi connectivity index (χ2v) is 2.75. The largest absolute Gasteiger partial charge is 0.362 e. The van der Waals surface area contributed by atoms with Crippen LogP contribution in [0.3, 0.4) is 0 Å². The normalized spacial score (nSPS) is 10.7. The van der Waals surface area contributed by atoms with Crippen LogP contribution in [0.4, 0.5) is 0 Å². The highest BCUT2D eigenvalue weighted by Gasteiger charge is 1.97. The molecule has 1 heterocycles. The average molecular weight is 123 g/mol. The van der Waals surface area contributed by atoms with Gasteiger partial charge in [0, 0.05) is 11.4 Å². The molecule has 0 radical (unpaired) electrons. The second-order valence-electron chi connectivity index (χ2n) is 2.75. The van der Waals surface area contributed by atoms with Crippen molar-refractivity contribution in [1.82, 2.24) is 4.98 Å². The molecule has 0 atom stereocenters. The molecule has 0 unspecified atom stereocenters. The highest BCUT2D eigenvalue weighted by Crippen LogP contribution is 2.11. The van der Waals surface area contributed by atoms with E-state index in [0.29, 0.717) is 5.92 Å². The summed E-state index contributed by atoms with van der Waals surface area (Å²) in [6, 6.07) is 4.25. The predicted molar refractivity (Wildman–Crippen MR) is 39.6 cm³/mol. The topological polar surface area (TPSA) is 15.8 Å². The summed E-state index contributed by atoms with van der Waals surface area (Å²) in [5.74, 6) is 0.624. The van der Waals surface area contributed by atoms with E-state index in [0.717, 1.165) is 0 Å². The van der Waals surface area contributed by atoms with E-state index in [1.54, 1.807) is 0 Å². The number of rotatable bonds is 1. The summed E-state index contributed by atoms with van der Waals surface area (Å²) in [4.78, 5) is 3.28. The van der Waals surface area contributed by atoms with E-state index >= 15 is 0 Å². The standard InChI is InChI=1S/C8H13N/c1-6(2)8-5-4-7(3)9-8/h4-6,9H,1-3H3. The van der Waals surface area contributed by atoms with Gasteiger partial charge in [0.1, 0.15) is 0 Å². The van der Waals surface area contributed by atoms with Gasteiger partial charge in [-0.2, -0.15) is 0 Å². The quantitative estimate of drug-likeness (QED) is 0.590. The lowest BCUT2D eigenvalue weighted by Gasteiger charge is -1.98. The third kappa shape index (κ3) is 1.35. The Hall–Kier alpha value is -0.720. The minimum Gasteiger partial charge on any atom is -0.362 e. The van der Waals surface area contributed by atoms with Crippen LogP contribution in [0.5, 0.6) is 0 Å². The maximum atomic E-state index is 3.28. The highest BCUT2D eigenvalue weighted by atomic mass is 14.7. The molecule has 1 N–H and O–H groups in total. The van der Waals surface area contributed by atoms with Crippen LogP contribution in [0.15, 0.2) is 12.1 Å². The number of H-pyrrole nitrogens is 1.